The third kappa shape index (κ3) is 4.35. The van der Waals surface area contributed by atoms with E-state index in [1.54, 1.807) is 0 Å². The molecule has 1 saturated heterocycles. The summed E-state index contributed by atoms with van der Waals surface area (Å²) >= 11 is 0. The van der Waals surface area contributed by atoms with Gasteiger partial charge >= 0.3 is 12.0 Å². The molecule has 2 amide bonds. The molecule has 1 heterocycles. The van der Waals surface area contributed by atoms with Crippen LogP contribution < -0.4 is 5.32 Å². The molecule has 3 N–H and O–H groups in total. The molecule has 1 unspecified atom stereocenters. The second-order valence-electron chi connectivity index (χ2n) is 5.23. The number of urea groups is 1. The van der Waals surface area contributed by atoms with Gasteiger partial charge in [0.05, 0.1) is 6.10 Å². The number of hydrogen-bond acceptors (Lipinski definition) is 4. The van der Waals surface area contributed by atoms with E-state index in [4.69, 9.17) is 5.11 Å². The Bertz CT molecular complexity index is 347. The van der Waals surface area contributed by atoms with Gasteiger partial charge in [0.1, 0.15) is 6.04 Å². The molecule has 1 aliphatic rings. The van der Waals surface area contributed by atoms with Gasteiger partial charge in [0, 0.05) is 25.6 Å². The SMILES string of the molecule is CCN(CC)CC(C)NC(=O)N1C[C@H](O)C[C@H]1C(=O)O. The molecule has 7 heteroatoms. The molecule has 0 aromatic heterocycles. The van der Waals surface area contributed by atoms with E-state index >= 15 is 0 Å². The fourth-order valence-corrected chi connectivity index (χ4v) is 2.48. The number of nitrogens with zero attached hydrogens (tertiary/aromatic N) is 2. The number of aliphatic hydroxyl groups excluding tert-OH is 1. The summed E-state index contributed by atoms with van der Waals surface area (Å²) < 4.78 is 0. The number of rotatable bonds is 6. The van der Waals surface area contributed by atoms with Crippen LogP contribution in [0.15, 0.2) is 0 Å². The van der Waals surface area contributed by atoms with Crippen molar-refractivity contribution in [3.63, 3.8) is 0 Å². The summed E-state index contributed by atoms with van der Waals surface area (Å²) in [6, 6.07) is -1.44. The van der Waals surface area contributed by atoms with Crippen molar-refractivity contribution in [1.82, 2.24) is 15.1 Å². The van der Waals surface area contributed by atoms with Crippen LogP contribution in [0, 0.1) is 0 Å². The Morgan fingerprint density at radius 3 is 2.50 bits per heavy atom. The Hall–Kier alpha value is -1.34. The molecule has 1 fully saturated rings. The van der Waals surface area contributed by atoms with Gasteiger partial charge in [-0.15, -0.1) is 0 Å². The van der Waals surface area contributed by atoms with Crippen LogP contribution in [0.1, 0.15) is 27.2 Å². The number of amides is 2. The third-order valence-electron chi connectivity index (χ3n) is 3.62. The summed E-state index contributed by atoms with van der Waals surface area (Å²) in [7, 11) is 0. The Kier molecular flexibility index (Phi) is 6.22. The number of aliphatic carboxylic acids is 1. The average Bonchev–Trinajstić information content (AvgIpc) is 2.78. The summed E-state index contributed by atoms with van der Waals surface area (Å²) in [6.45, 7) is 8.57. The number of carboxylic acid groups (broad SMARTS) is 1. The maximum absolute atomic E-state index is 12.1. The molecule has 0 bridgehead atoms. The van der Waals surface area contributed by atoms with E-state index in [0.717, 1.165) is 13.1 Å². The molecule has 0 aromatic rings. The standard InChI is InChI=1S/C13H25N3O4/c1-4-15(5-2)7-9(3)14-13(20)16-8-10(17)6-11(16)12(18)19/h9-11,17H,4-8H2,1-3H3,(H,14,20)(H,18,19)/t9?,10-,11+/m1/s1. The predicted molar refractivity (Wildman–Crippen MR) is 74.5 cm³/mol. The molecule has 0 saturated carbocycles. The lowest BCUT2D eigenvalue weighted by Crippen LogP contribution is -2.51. The minimum atomic E-state index is -1.08. The van der Waals surface area contributed by atoms with Crippen LogP contribution in [-0.2, 0) is 4.79 Å². The smallest absolute Gasteiger partial charge is 0.326 e. The molecule has 20 heavy (non-hydrogen) atoms. The van der Waals surface area contributed by atoms with Crippen LogP contribution in [0.3, 0.4) is 0 Å². The number of carbonyl (C=O) groups excluding carboxylic acids is 1. The lowest BCUT2D eigenvalue weighted by Gasteiger charge is -2.27. The lowest BCUT2D eigenvalue weighted by molar-refractivity contribution is -0.141. The topological polar surface area (TPSA) is 93.1 Å². The fraction of sp³-hybridized carbons (Fsp3) is 0.846. The summed E-state index contributed by atoms with van der Waals surface area (Å²) in [5.74, 6) is -1.08. The molecule has 0 aromatic carbocycles. The van der Waals surface area contributed by atoms with E-state index in [0.29, 0.717) is 6.54 Å². The van der Waals surface area contributed by atoms with Gasteiger partial charge in [-0.1, -0.05) is 13.8 Å². The maximum Gasteiger partial charge on any atom is 0.326 e. The maximum atomic E-state index is 12.1. The normalized spacial score (nSPS) is 23.9. The van der Waals surface area contributed by atoms with Crippen LogP contribution in [0.2, 0.25) is 0 Å². The monoisotopic (exact) mass is 287 g/mol. The van der Waals surface area contributed by atoms with Crippen molar-refractivity contribution in [3.8, 4) is 0 Å². The number of β-amino-alcohol motifs (C(OH)–C–C–N with tert-alkyl or cyclic N) is 1. The molecule has 0 aliphatic carbocycles. The minimum Gasteiger partial charge on any atom is -0.480 e. The highest BCUT2D eigenvalue weighted by Crippen LogP contribution is 2.18. The van der Waals surface area contributed by atoms with Crippen LogP contribution in [0.25, 0.3) is 0 Å². The first-order valence-corrected chi connectivity index (χ1v) is 7.09. The molecular weight excluding hydrogens is 262 g/mol. The second-order valence-corrected chi connectivity index (χ2v) is 5.23. The Labute approximate surface area is 119 Å². The van der Waals surface area contributed by atoms with Crippen molar-refractivity contribution < 1.29 is 19.8 Å². The summed E-state index contributed by atoms with van der Waals surface area (Å²) in [5, 5.41) is 21.4. The molecule has 3 atom stereocenters. The predicted octanol–water partition coefficient (Wildman–Crippen LogP) is -0.0539. The van der Waals surface area contributed by atoms with Gasteiger partial charge in [-0.05, 0) is 20.0 Å². The zero-order valence-corrected chi connectivity index (χ0v) is 12.4. The zero-order chi connectivity index (χ0) is 15.3. The minimum absolute atomic E-state index is 0.0702. The zero-order valence-electron chi connectivity index (χ0n) is 12.4. The quantitative estimate of drug-likeness (QED) is 0.637. The van der Waals surface area contributed by atoms with Crippen molar-refractivity contribution in [2.75, 3.05) is 26.2 Å². The van der Waals surface area contributed by atoms with Gasteiger partial charge in [0.2, 0.25) is 0 Å². The number of aliphatic hydroxyl groups is 1. The van der Waals surface area contributed by atoms with Crippen LogP contribution in [0.4, 0.5) is 4.79 Å². The number of nitrogens with one attached hydrogen (secondary N) is 1. The molecule has 7 nitrogen and oxygen atoms in total. The van der Waals surface area contributed by atoms with Gasteiger partial charge < -0.3 is 25.3 Å². The highest BCUT2D eigenvalue weighted by Gasteiger charge is 2.39. The Balaban J connectivity index is 2.54. The first-order valence-electron chi connectivity index (χ1n) is 7.09. The number of likely N-dealkylation sites (N-methyl/N-ethyl adjacent to an activating group) is 1. The largest absolute Gasteiger partial charge is 0.480 e. The Morgan fingerprint density at radius 1 is 1.40 bits per heavy atom. The van der Waals surface area contributed by atoms with Crippen molar-refractivity contribution in [1.29, 1.82) is 0 Å². The lowest BCUT2D eigenvalue weighted by atomic mass is 10.2. The number of hydrogen-bond donors (Lipinski definition) is 3. The van der Waals surface area contributed by atoms with Crippen LogP contribution in [0.5, 0.6) is 0 Å². The van der Waals surface area contributed by atoms with Crippen molar-refractivity contribution in [2.24, 2.45) is 0 Å². The van der Waals surface area contributed by atoms with E-state index in [1.165, 1.54) is 4.90 Å². The van der Waals surface area contributed by atoms with E-state index in [2.05, 4.69) is 24.1 Å². The third-order valence-corrected chi connectivity index (χ3v) is 3.62. The van der Waals surface area contributed by atoms with Gasteiger partial charge in [0.25, 0.3) is 0 Å². The van der Waals surface area contributed by atoms with Crippen LogP contribution in [-0.4, -0.2) is 76.4 Å². The molecule has 0 spiro atoms. The molecule has 1 rings (SSSR count). The van der Waals surface area contributed by atoms with Crippen molar-refractivity contribution >= 4 is 12.0 Å². The summed E-state index contributed by atoms with van der Waals surface area (Å²) in [6.07, 6.45) is -0.673. The molecule has 1 aliphatic heterocycles. The van der Waals surface area contributed by atoms with E-state index in [1.807, 2.05) is 6.92 Å². The molecule has 116 valence electrons. The summed E-state index contributed by atoms with van der Waals surface area (Å²) in [4.78, 5) is 26.6. The van der Waals surface area contributed by atoms with Crippen molar-refractivity contribution in [3.05, 3.63) is 0 Å². The number of carboxylic acids is 1. The second kappa shape index (κ2) is 7.44. The van der Waals surface area contributed by atoms with Gasteiger partial charge in [-0.3, -0.25) is 0 Å². The first-order chi connectivity index (χ1) is 9.38. The Morgan fingerprint density at radius 2 is 2.00 bits per heavy atom. The van der Waals surface area contributed by atoms with Gasteiger partial charge in [-0.2, -0.15) is 0 Å². The van der Waals surface area contributed by atoms with Crippen molar-refractivity contribution in [2.45, 2.75) is 45.4 Å². The first kappa shape index (κ1) is 16.7. The highest BCUT2D eigenvalue weighted by molar-refractivity contribution is 5.83. The average molecular weight is 287 g/mol. The number of likely N-dealkylation sites (tertiary alicyclic amines) is 1. The van der Waals surface area contributed by atoms with Gasteiger partial charge in [0.15, 0.2) is 0 Å². The highest BCUT2D eigenvalue weighted by atomic mass is 16.4. The van der Waals surface area contributed by atoms with Gasteiger partial charge in [-0.25, -0.2) is 9.59 Å². The molecule has 0 radical (unpaired) electrons. The summed E-state index contributed by atoms with van der Waals surface area (Å²) in [5.41, 5.74) is 0. The fourth-order valence-electron chi connectivity index (χ4n) is 2.48. The van der Waals surface area contributed by atoms with E-state index in [9.17, 15) is 14.7 Å². The van der Waals surface area contributed by atoms with E-state index < -0.39 is 24.1 Å². The molecular formula is C13H25N3O4. The van der Waals surface area contributed by atoms with E-state index in [-0.39, 0.29) is 19.0 Å². The number of carbonyl (C=O) groups is 2. The van der Waals surface area contributed by atoms with Crippen LogP contribution >= 0.6 is 0 Å².